The highest BCUT2D eigenvalue weighted by Crippen LogP contribution is 2.28. The van der Waals surface area contributed by atoms with E-state index >= 15 is 0 Å². The Kier molecular flexibility index (Phi) is 4.69. The lowest BCUT2D eigenvalue weighted by Crippen LogP contribution is -2.18. The summed E-state index contributed by atoms with van der Waals surface area (Å²) in [5, 5.41) is 0. The third-order valence-corrected chi connectivity index (χ3v) is 4.68. The van der Waals surface area contributed by atoms with E-state index in [0.717, 1.165) is 24.3 Å². The quantitative estimate of drug-likeness (QED) is 0.686. The van der Waals surface area contributed by atoms with Gasteiger partial charge in [-0.15, -0.1) is 0 Å². The molecule has 0 aliphatic carbocycles. The normalized spacial score (nSPS) is 13.8. The minimum absolute atomic E-state index is 0.00446. The van der Waals surface area contributed by atoms with Gasteiger partial charge < -0.3 is 14.6 Å². The standard InChI is InChI=1S/C21H21N3O2/c25-20(16-7-9-17(10-8-16)24-11-3-4-12-24)14-26-21-6-2-1-5-18(21)19-13-22-15-23-19/h1-2,5-10,13,15H,3-4,11-12,14H2,(H,22,23). The number of nitrogens with zero attached hydrogens (tertiary/aromatic N) is 2. The molecule has 5 nitrogen and oxygen atoms in total. The number of carbonyl (C=O) groups is 1. The number of imidazole rings is 1. The second kappa shape index (κ2) is 7.44. The zero-order chi connectivity index (χ0) is 17.8. The average molecular weight is 347 g/mol. The molecule has 1 saturated heterocycles. The molecule has 0 saturated carbocycles. The predicted molar refractivity (Wildman–Crippen MR) is 102 cm³/mol. The van der Waals surface area contributed by atoms with Crippen LogP contribution in [0.4, 0.5) is 5.69 Å². The van der Waals surface area contributed by atoms with Gasteiger partial charge in [-0.2, -0.15) is 0 Å². The maximum atomic E-state index is 12.5. The highest BCUT2D eigenvalue weighted by Gasteiger charge is 2.14. The van der Waals surface area contributed by atoms with E-state index < -0.39 is 0 Å². The van der Waals surface area contributed by atoms with Gasteiger partial charge in [-0.3, -0.25) is 4.79 Å². The van der Waals surface area contributed by atoms with Crippen LogP contribution in [0.25, 0.3) is 11.3 Å². The van der Waals surface area contributed by atoms with Gasteiger partial charge in [0.1, 0.15) is 5.75 Å². The number of anilines is 1. The largest absolute Gasteiger partial charge is 0.485 e. The number of H-pyrrole nitrogens is 1. The van der Waals surface area contributed by atoms with Crippen molar-refractivity contribution in [3.05, 3.63) is 66.6 Å². The summed E-state index contributed by atoms with van der Waals surface area (Å²) >= 11 is 0. The van der Waals surface area contributed by atoms with Crippen LogP contribution in [0, 0.1) is 0 Å². The fourth-order valence-corrected chi connectivity index (χ4v) is 3.27. The molecular formula is C21H21N3O2. The predicted octanol–water partition coefficient (Wildman–Crippen LogP) is 3.94. The molecule has 5 heteroatoms. The molecule has 1 fully saturated rings. The zero-order valence-corrected chi connectivity index (χ0v) is 14.5. The molecule has 1 aliphatic heterocycles. The lowest BCUT2D eigenvalue weighted by molar-refractivity contribution is 0.0922. The van der Waals surface area contributed by atoms with E-state index in [1.165, 1.54) is 18.5 Å². The molecule has 0 amide bonds. The molecule has 0 radical (unpaired) electrons. The van der Waals surface area contributed by atoms with Crippen molar-refractivity contribution in [2.45, 2.75) is 12.8 Å². The summed E-state index contributed by atoms with van der Waals surface area (Å²) < 4.78 is 5.79. The van der Waals surface area contributed by atoms with Gasteiger partial charge in [0.2, 0.25) is 0 Å². The van der Waals surface area contributed by atoms with Crippen LogP contribution in [0.15, 0.2) is 61.1 Å². The topological polar surface area (TPSA) is 58.2 Å². The van der Waals surface area contributed by atoms with Crippen LogP contribution in [-0.4, -0.2) is 35.4 Å². The first kappa shape index (κ1) is 16.4. The van der Waals surface area contributed by atoms with Crippen LogP contribution < -0.4 is 9.64 Å². The fourth-order valence-electron chi connectivity index (χ4n) is 3.27. The number of hydrogen-bond donors (Lipinski definition) is 1. The number of carbonyl (C=O) groups excluding carboxylic acids is 1. The Morgan fingerprint density at radius 1 is 1.08 bits per heavy atom. The zero-order valence-electron chi connectivity index (χ0n) is 14.5. The van der Waals surface area contributed by atoms with Crippen molar-refractivity contribution in [1.29, 1.82) is 0 Å². The number of para-hydroxylation sites is 1. The minimum atomic E-state index is -0.0326. The molecule has 0 bridgehead atoms. The minimum Gasteiger partial charge on any atom is -0.485 e. The second-order valence-corrected chi connectivity index (χ2v) is 6.40. The average Bonchev–Trinajstić information content (AvgIpc) is 3.40. The molecule has 1 N–H and O–H groups in total. The van der Waals surface area contributed by atoms with Gasteiger partial charge in [-0.1, -0.05) is 12.1 Å². The van der Waals surface area contributed by atoms with E-state index in [1.54, 1.807) is 12.5 Å². The van der Waals surface area contributed by atoms with Crippen LogP contribution >= 0.6 is 0 Å². The molecule has 2 heterocycles. The maximum absolute atomic E-state index is 12.5. The number of nitrogens with one attached hydrogen (secondary N) is 1. The van der Waals surface area contributed by atoms with E-state index in [-0.39, 0.29) is 12.4 Å². The first-order valence-electron chi connectivity index (χ1n) is 8.90. The molecular weight excluding hydrogens is 326 g/mol. The Bertz CT molecular complexity index is 867. The first-order valence-corrected chi connectivity index (χ1v) is 8.90. The molecule has 3 aromatic rings. The Balaban J connectivity index is 1.43. The van der Waals surface area contributed by atoms with Gasteiger partial charge in [-0.25, -0.2) is 4.98 Å². The number of rotatable bonds is 6. The molecule has 132 valence electrons. The van der Waals surface area contributed by atoms with Gasteiger partial charge in [0.15, 0.2) is 12.4 Å². The molecule has 0 unspecified atom stereocenters. The molecule has 0 atom stereocenters. The summed E-state index contributed by atoms with van der Waals surface area (Å²) in [6, 6.07) is 15.4. The Hall–Kier alpha value is -3.08. The number of ether oxygens (including phenoxy) is 1. The summed E-state index contributed by atoms with van der Waals surface area (Å²) in [6.45, 7) is 2.20. The van der Waals surface area contributed by atoms with Gasteiger partial charge in [-0.05, 0) is 49.2 Å². The lowest BCUT2D eigenvalue weighted by Gasteiger charge is -2.17. The van der Waals surface area contributed by atoms with Crippen molar-refractivity contribution >= 4 is 11.5 Å². The monoisotopic (exact) mass is 347 g/mol. The van der Waals surface area contributed by atoms with Crippen molar-refractivity contribution < 1.29 is 9.53 Å². The molecule has 1 aliphatic rings. The number of ketones is 1. The van der Waals surface area contributed by atoms with Crippen molar-refractivity contribution in [1.82, 2.24) is 9.97 Å². The summed E-state index contributed by atoms with van der Waals surface area (Å²) in [4.78, 5) is 22.0. The molecule has 4 rings (SSSR count). The molecule has 26 heavy (non-hydrogen) atoms. The highest BCUT2D eigenvalue weighted by atomic mass is 16.5. The Labute approximate surface area is 152 Å². The van der Waals surface area contributed by atoms with Crippen molar-refractivity contribution in [3.63, 3.8) is 0 Å². The van der Waals surface area contributed by atoms with E-state index in [9.17, 15) is 4.79 Å². The smallest absolute Gasteiger partial charge is 0.200 e. The second-order valence-electron chi connectivity index (χ2n) is 6.40. The lowest BCUT2D eigenvalue weighted by atomic mass is 10.1. The number of Topliss-reactive ketones (excluding diaryl/α,β-unsaturated/α-hetero) is 1. The first-order chi connectivity index (χ1) is 12.8. The van der Waals surface area contributed by atoms with Crippen LogP contribution in [0.2, 0.25) is 0 Å². The summed E-state index contributed by atoms with van der Waals surface area (Å²) in [6.07, 6.45) is 5.91. The Morgan fingerprint density at radius 3 is 2.58 bits per heavy atom. The van der Waals surface area contributed by atoms with Crippen molar-refractivity contribution in [3.8, 4) is 17.0 Å². The van der Waals surface area contributed by atoms with E-state index in [4.69, 9.17) is 4.74 Å². The SMILES string of the molecule is O=C(COc1ccccc1-c1c[nH]cn1)c1ccc(N2CCCC2)cc1. The van der Waals surface area contributed by atoms with Gasteiger partial charge >= 0.3 is 0 Å². The number of hydrogen-bond acceptors (Lipinski definition) is 4. The van der Waals surface area contributed by atoms with Crippen LogP contribution in [0.1, 0.15) is 23.2 Å². The number of aromatic nitrogens is 2. The third-order valence-electron chi connectivity index (χ3n) is 4.68. The number of aromatic amines is 1. The summed E-state index contributed by atoms with van der Waals surface area (Å²) in [5.41, 5.74) is 3.52. The van der Waals surface area contributed by atoms with Gasteiger partial charge in [0.25, 0.3) is 0 Å². The number of benzene rings is 2. The van der Waals surface area contributed by atoms with Crippen LogP contribution in [0.5, 0.6) is 5.75 Å². The molecule has 0 spiro atoms. The van der Waals surface area contributed by atoms with E-state index in [2.05, 4.69) is 14.9 Å². The Morgan fingerprint density at radius 2 is 1.85 bits per heavy atom. The van der Waals surface area contributed by atoms with Crippen LogP contribution in [0.3, 0.4) is 0 Å². The van der Waals surface area contributed by atoms with Gasteiger partial charge in [0, 0.05) is 36.1 Å². The molecule has 2 aromatic carbocycles. The summed E-state index contributed by atoms with van der Waals surface area (Å²) in [5.74, 6) is 0.622. The van der Waals surface area contributed by atoms with Crippen LogP contribution in [-0.2, 0) is 0 Å². The molecule has 1 aromatic heterocycles. The van der Waals surface area contributed by atoms with Crippen molar-refractivity contribution in [2.75, 3.05) is 24.6 Å². The van der Waals surface area contributed by atoms with Gasteiger partial charge in [0.05, 0.1) is 12.0 Å². The maximum Gasteiger partial charge on any atom is 0.200 e. The van der Waals surface area contributed by atoms with Crippen molar-refractivity contribution in [2.24, 2.45) is 0 Å². The fraction of sp³-hybridized carbons (Fsp3) is 0.238. The van der Waals surface area contributed by atoms with E-state index in [0.29, 0.717) is 11.3 Å². The highest BCUT2D eigenvalue weighted by molar-refractivity contribution is 5.97. The third kappa shape index (κ3) is 3.47. The van der Waals surface area contributed by atoms with E-state index in [1.807, 2.05) is 48.5 Å². The summed E-state index contributed by atoms with van der Waals surface area (Å²) in [7, 11) is 0.